The summed E-state index contributed by atoms with van der Waals surface area (Å²) in [6.07, 6.45) is 2.76. The second kappa shape index (κ2) is 9.36. The second-order valence-corrected chi connectivity index (χ2v) is 10.1. The molecular weight excluding hydrogens is 444 g/mol. The maximum Gasteiger partial charge on any atom is 0.407 e. The molecule has 2 aliphatic carbocycles. The van der Waals surface area contributed by atoms with Crippen LogP contribution in [0.3, 0.4) is 0 Å². The van der Waals surface area contributed by atoms with Gasteiger partial charge < -0.3 is 20.1 Å². The minimum atomic E-state index is -0.815. The Morgan fingerprint density at radius 3 is 2.23 bits per heavy atom. The van der Waals surface area contributed by atoms with E-state index in [4.69, 9.17) is 4.74 Å². The zero-order valence-electron chi connectivity index (χ0n) is 20.0. The van der Waals surface area contributed by atoms with Crippen LogP contribution in [0.2, 0.25) is 0 Å². The molecule has 2 N–H and O–H groups in total. The van der Waals surface area contributed by atoms with Crippen molar-refractivity contribution in [3.63, 3.8) is 0 Å². The van der Waals surface area contributed by atoms with Crippen molar-refractivity contribution in [1.29, 1.82) is 0 Å². The van der Waals surface area contributed by atoms with E-state index in [1.165, 1.54) is 11.1 Å². The number of likely N-dealkylation sites (tertiary alicyclic amines) is 1. The van der Waals surface area contributed by atoms with Crippen LogP contribution < -0.4 is 5.32 Å². The number of amides is 2. The highest BCUT2D eigenvalue weighted by Gasteiger charge is 2.54. The van der Waals surface area contributed by atoms with E-state index >= 15 is 0 Å². The van der Waals surface area contributed by atoms with Crippen molar-refractivity contribution in [2.45, 2.75) is 38.5 Å². The fourth-order valence-corrected chi connectivity index (χ4v) is 6.13. The number of carbonyl (C=O) groups excluding carboxylic acids is 2. The molecule has 184 valence electrons. The highest BCUT2D eigenvalue weighted by Crippen LogP contribution is 2.52. The smallest absolute Gasteiger partial charge is 0.407 e. The zero-order chi connectivity index (χ0) is 24.6. The molecule has 35 heavy (non-hydrogen) atoms. The average Bonchev–Trinajstić information content (AvgIpc) is 3.41. The van der Waals surface area contributed by atoms with Gasteiger partial charge in [-0.25, -0.2) is 4.79 Å². The van der Waals surface area contributed by atoms with Gasteiger partial charge in [0.15, 0.2) is 0 Å². The lowest BCUT2D eigenvalue weighted by Gasteiger charge is -2.41. The Labute approximate surface area is 205 Å². The Bertz CT molecular complexity index is 1100. The minimum absolute atomic E-state index is 0.0204. The summed E-state index contributed by atoms with van der Waals surface area (Å²) in [6.45, 7) is 3.07. The number of hydrogen-bond donors (Lipinski definition) is 2. The Morgan fingerprint density at radius 2 is 1.71 bits per heavy atom. The number of carbonyl (C=O) groups is 3. The predicted molar refractivity (Wildman–Crippen MR) is 131 cm³/mol. The van der Waals surface area contributed by atoms with E-state index in [0.717, 1.165) is 30.4 Å². The van der Waals surface area contributed by atoms with Crippen LogP contribution in [0.5, 0.6) is 0 Å². The van der Waals surface area contributed by atoms with Gasteiger partial charge in [0.2, 0.25) is 5.91 Å². The van der Waals surface area contributed by atoms with Crippen LogP contribution >= 0.6 is 0 Å². The molecule has 1 spiro atoms. The highest BCUT2D eigenvalue weighted by molar-refractivity contribution is 5.82. The molecule has 1 saturated heterocycles. The summed E-state index contributed by atoms with van der Waals surface area (Å²) in [6, 6.07) is 16.3. The third-order valence-electron chi connectivity index (χ3n) is 8.29. The van der Waals surface area contributed by atoms with Crippen LogP contribution in [-0.2, 0) is 14.3 Å². The number of fused-ring (bicyclic) bond motifs is 3. The number of benzene rings is 2. The van der Waals surface area contributed by atoms with Gasteiger partial charge in [-0.3, -0.25) is 9.59 Å². The van der Waals surface area contributed by atoms with E-state index in [2.05, 4.69) is 29.6 Å². The van der Waals surface area contributed by atoms with Gasteiger partial charge in [-0.1, -0.05) is 61.9 Å². The van der Waals surface area contributed by atoms with Gasteiger partial charge in [0, 0.05) is 31.0 Å². The van der Waals surface area contributed by atoms with E-state index in [0.29, 0.717) is 13.0 Å². The molecule has 7 nitrogen and oxygen atoms in total. The summed E-state index contributed by atoms with van der Waals surface area (Å²) in [5.41, 5.74) is 4.37. The van der Waals surface area contributed by atoms with E-state index in [9.17, 15) is 19.5 Å². The Kier molecular flexibility index (Phi) is 6.26. The molecule has 1 heterocycles. The maximum atomic E-state index is 13.2. The molecule has 2 fully saturated rings. The molecule has 1 saturated carbocycles. The molecule has 0 aromatic heterocycles. The lowest BCUT2D eigenvalue weighted by molar-refractivity contribution is -0.146. The van der Waals surface area contributed by atoms with Crippen LogP contribution in [0.1, 0.15) is 49.7 Å². The van der Waals surface area contributed by atoms with Crippen LogP contribution in [0.25, 0.3) is 11.1 Å². The van der Waals surface area contributed by atoms with E-state index in [-0.39, 0.29) is 36.9 Å². The van der Waals surface area contributed by atoms with Crippen LogP contribution in [0.15, 0.2) is 48.5 Å². The number of alkyl carbamates (subject to hydrolysis) is 1. The monoisotopic (exact) mass is 476 g/mol. The molecule has 7 heteroatoms. The topological polar surface area (TPSA) is 95.9 Å². The fourth-order valence-electron chi connectivity index (χ4n) is 6.13. The average molecular weight is 477 g/mol. The Morgan fingerprint density at radius 1 is 1.09 bits per heavy atom. The number of ether oxygens (including phenoxy) is 1. The molecule has 2 unspecified atom stereocenters. The van der Waals surface area contributed by atoms with Gasteiger partial charge >= 0.3 is 12.1 Å². The summed E-state index contributed by atoms with van der Waals surface area (Å²) in [5, 5.41) is 12.4. The standard InChI is InChI=1S/C28H32N2O5/c1-2-18(25(31)30-15-24(26(32)33)28(17-30)12-7-13-28)14-29-27(34)35-16-23-21-10-5-3-8-19(21)20-9-4-6-11-22(20)23/h3-6,8-11,18,23-24H,2,7,12-17H2,1H3,(H,29,34)(H,32,33). The van der Waals surface area contributed by atoms with Gasteiger partial charge in [0.1, 0.15) is 6.61 Å². The lowest BCUT2D eigenvalue weighted by Crippen LogP contribution is -2.43. The summed E-state index contributed by atoms with van der Waals surface area (Å²) in [4.78, 5) is 39.2. The largest absolute Gasteiger partial charge is 0.481 e. The van der Waals surface area contributed by atoms with Gasteiger partial charge in [0.25, 0.3) is 0 Å². The molecule has 0 radical (unpaired) electrons. The number of nitrogens with one attached hydrogen (secondary N) is 1. The van der Waals surface area contributed by atoms with Gasteiger partial charge in [-0.05, 0) is 41.5 Å². The number of nitrogens with zero attached hydrogens (tertiary/aromatic N) is 1. The minimum Gasteiger partial charge on any atom is -0.481 e. The van der Waals surface area contributed by atoms with Crippen molar-refractivity contribution >= 4 is 18.0 Å². The Balaban J connectivity index is 1.17. The first kappa shape index (κ1) is 23.4. The second-order valence-electron chi connectivity index (χ2n) is 10.1. The SMILES string of the molecule is CCC(CNC(=O)OCC1c2ccccc2-c2ccccc21)C(=O)N1CC(C(=O)O)C2(CCC2)C1. The number of hydrogen-bond acceptors (Lipinski definition) is 4. The molecule has 5 rings (SSSR count). The molecular formula is C28H32N2O5. The summed E-state index contributed by atoms with van der Waals surface area (Å²) in [7, 11) is 0. The summed E-state index contributed by atoms with van der Waals surface area (Å²) >= 11 is 0. The normalized spacial score (nSPS) is 20.6. The first-order chi connectivity index (χ1) is 16.9. The van der Waals surface area contributed by atoms with Crippen molar-refractivity contribution in [2.24, 2.45) is 17.3 Å². The van der Waals surface area contributed by atoms with Crippen molar-refractivity contribution in [1.82, 2.24) is 10.2 Å². The first-order valence-electron chi connectivity index (χ1n) is 12.5. The number of rotatable bonds is 7. The molecule has 2 aromatic rings. The number of carboxylic acids is 1. The summed E-state index contributed by atoms with van der Waals surface area (Å²) < 4.78 is 5.60. The van der Waals surface area contributed by atoms with Crippen molar-refractivity contribution in [3.8, 4) is 11.1 Å². The predicted octanol–water partition coefficient (Wildman–Crippen LogP) is 4.26. The highest BCUT2D eigenvalue weighted by atomic mass is 16.5. The molecule has 2 amide bonds. The van der Waals surface area contributed by atoms with E-state index < -0.39 is 23.9 Å². The van der Waals surface area contributed by atoms with Crippen LogP contribution in [-0.4, -0.2) is 54.2 Å². The van der Waals surface area contributed by atoms with Crippen molar-refractivity contribution in [2.75, 3.05) is 26.2 Å². The van der Waals surface area contributed by atoms with E-state index in [1.807, 2.05) is 31.2 Å². The van der Waals surface area contributed by atoms with Gasteiger partial charge in [0.05, 0.1) is 11.8 Å². The zero-order valence-corrected chi connectivity index (χ0v) is 20.0. The number of aliphatic carboxylic acids is 1. The fraction of sp³-hybridized carbons (Fsp3) is 0.464. The lowest BCUT2D eigenvalue weighted by atomic mass is 9.63. The van der Waals surface area contributed by atoms with Gasteiger partial charge in [-0.2, -0.15) is 0 Å². The summed E-state index contributed by atoms with van der Waals surface area (Å²) in [5.74, 6) is -1.81. The van der Waals surface area contributed by atoms with E-state index in [1.54, 1.807) is 4.90 Å². The van der Waals surface area contributed by atoms with Crippen molar-refractivity contribution < 1.29 is 24.2 Å². The molecule has 2 atom stereocenters. The molecule has 1 aliphatic heterocycles. The first-order valence-corrected chi connectivity index (χ1v) is 12.5. The molecule has 0 bridgehead atoms. The Hall–Kier alpha value is -3.35. The third-order valence-corrected chi connectivity index (χ3v) is 8.29. The molecule has 2 aromatic carbocycles. The van der Waals surface area contributed by atoms with Gasteiger partial charge in [-0.15, -0.1) is 0 Å². The maximum absolute atomic E-state index is 13.2. The van der Waals surface area contributed by atoms with Crippen LogP contribution in [0, 0.1) is 17.3 Å². The van der Waals surface area contributed by atoms with Crippen molar-refractivity contribution in [3.05, 3.63) is 59.7 Å². The third kappa shape index (κ3) is 4.17. The quantitative estimate of drug-likeness (QED) is 0.622. The number of carboxylic acid groups (broad SMARTS) is 1. The molecule has 3 aliphatic rings. The van der Waals surface area contributed by atoms with Crippen LogP contribution in [0.4, 0.5) is 4.79 Å².